The van der Waals surface area contributed by atoms with Crippen molar-refractivity contribution in [2.24, 2.45) is 0 Å². The van der Waals surface area contributed by atoms with Gasteiger partial charge in [-0.15, -0.1) is 0 Å². The first-order chi connectivity index (χ1) is 9.90. The Balaban J connectivity index is 2.20. The molecule has 0 aliphatic carbocycles. The Morgan fingerprint density at radius 3 is 2.62 bits per heavy atom. The van der Waals surface area contributed by atoms with Crippen molar-refractivity contribution < 1.29 is 13.2 Å². The van der Waals surface area contributed by atoms with Gasteiger partial charge < -0.3 is 11.1 Å². The molecule has 1 aromatic carbocycles. The van der Waals surface area contributed by atoms with E-state index in [1.165, 1.54) is 12.1 Å². The smallest absolute Gasteiger partial charge is 0.399 e. The lowest BCUT2D eigenvalue weighted by molar-refractivity contribution is -0.138. The van der Waals surface area contributed by atoms with Crippen LogP contribution < -0.4 is 11.1 Å². The fourth-order valence-corrected chi connectivity index (χ4v) is 1.99. The maximum Gasteiger partial charge on any atom is 0.416 e. The second kappa shape index (κ2) is 6.03. The summed E-state index contributed by atoms with van der Waals surface area (Å²) in [6.45, 7) is 2.04. The molecule has 0 amide bonds. The number of hydrogen-bond donors (Lipinski definition) is 2. The Hall–Kier alpha value is -2.24. The number of rotatable bonds is 4. The van der Waals surface area contributed by atoms with Crippen LogP contribution >= 0.6 is 0 Å². The van der Waals surface area contributed by atoms with Gasteiger partial charge in [-0.25, -0.2) is 4.98 Å². The summed E-state index contributed by atoms with van der Waals surface area (Å²) in [7, 11) is 0. The van der Waals surface area contributed by atoms with E-state index in [2.05, 4.69) is 10.3 Å². The first kappa shape index (κ1) is 15.2. The minimum Gasteiger partial charge on any atom is -0.399 e. The molecule has 0 saturated heterocycles. The number of nitrogens with one attached hydrogen (secondary N) is 1. The van der Waals surface area contributed by atoms with Crippen molar-refractivity contribution in [3.8, 4) is 0 Å². The maximum absolute atomic E-state index is 13.0. The Morgan fingerprint density at radius 2 is 1.95 bits per heavy atom. The predicted octanol–water partition coefficient (Wildman–Crippen LogP) is 3.86. The van der Waals surface area contributed by atoms with Crippen LogP contribution in [0.1, 0.15) is 23.6 Å². The van der Waals surface area contributed by atoms with Crippen LogP contribution in [0.3, 0.4) is 0 Å². The van der Waals surface area contributed by atoms with Crippen molar-refractivity contribution in [1.82, 2.24) is 4.98 Å². The van der Waals surface area contributed by atoms with Gasteiger partial charge in [-0.05, 0) is 41.8 Å². The Labute approximate surface area is 121 Å². The molecule has 21 heavy (non-hydrogen) atoms. The van der Waals surface area contributed by atoms with E-state index < -0.39 is 11.7 Å². The number of alkyl halides is 3. The molecule has 0 fully saturated rings. The number of pyridine rings is 1. The molecule has 0 bridgehead atoms. The second-order valence-corrected chi connectivity index (χ2v) is 4.67. The number of nitrogens with two attached hydrogens (primary N) is 1. The lowest BCUT2D eigenvalue weighted by atomic mass is 10.1. The van der Waals surface area contributed by atoms with Gasteiger partial charge in [0.1, 0.15) is 5.82 Å². The van der Waals surface area contributed by atoms with Crippen molar-refractivity contribution in [3.05, 3.63) is 53.2 Å². The van der Waals surface area contributed by atoms with Crippen LogP contribution in [0.5, 0.6) is 0 Å². The zero-order valence-corrected chi connectivity index (χ0v) is 11.5. The summed E-state index contributed by atoms with van der Waals surface area (Å²) in [6, 6.07) is 7.49. The van der Waals surface area contributed by atoms with Gasteiger partial charge in [0.05, 0.1) is 5.56 Å². The minimum atomic E-state index is -4.43. The monoisotopic (exact) mass is 295 g/mol. The summed E-state index contributed by atoms with van der Waals surface area (Å²) in [4.78, 5) is 4.09. The molecule has 2 rings (SSSR count). The van der Waals surface area contributed by atoms with Crippen LogP contribution in [0.4, 0.5) is 24.7 Å². The highest BCUT2D eigenvalue weighted by molar-refractivity contribution is 5.47. The fraction of sp³-hybridized carbons (Fsp3) is 0.267. The lowest BCUT2D eigenvalue weighted by Gasteiger charge is -2.14. The van der Waals surface area contributed by atoms with Gasteiger partial charge in [0.15, 0.2) is 0 Å². The van der Waals surface area contributed by atoms with Crippen molar-refractivity contribution in [2.75, 3.05) is 11.1 Å². The molecule has 6 heteroatoms. The first-order valence-electron chi connectivity index (χ1n) is 6.54. The van der Waals surface area contributed by atoms with Gasteiger partial charge in [-0.2, -0.15) is 13.2 Å². The van der Waals surface area contributed by atoms with Gasteiger partial charge in [-0.1, -0.05) is 13.0 Å². The number of anilines is 2. The van der Waals surface area contributed by atoms with Crippen LogP contribution in [0.25, 0.3) is 0 Å². The summed E-state index contributed by atoms with van der Waals surface area (Å²) in [5, 5.41) is 2.92. The molecular weight excluding hydrogens is 279 g/mol. The molecule has 0 radical (unpaired) electrons. The number of aromatic nitrogens is 1. The van der Waals surface area contributed by atoms with Crippen molar-refractivity contribution in [2.45, 2.75) is 26.1 Å². The van der Waals surface area contributed by atoms with Gasteiger partial charge in [0.25, 0.3) is 0 Å². The minimum absolute atomic E-state index is 0.0370. The third kappa shape index (κ3) is 3.87. The zero-order valence-electron chi connectivity index (χ0n) is 11.5. The average molecular weight is 295 g/mol. The maximum atomic E-state index is 13.0. The quantitative estimate of drug-likeness (QED) is 0.842. The van der Waals surface area contributed by atoms with Crippen LogP contribution in [0, 0.1) is 0 Å². The highest BCUT2D eigenvalue weighted by Gasteiger charge is 2.33. The number of nitrogens with zero attached hydrogens (tertiary/aromatic N) is 1. The fourth-order valence-electron chi connectivity index (χ4n) is 1.99. The molecule has 3 N–H and O–H groups in total. The molecular formula is C15H16F3N3. The van der Waals surface area contributed by atoms with E-state index in [0.717, 1.165) is 18.1 Å². The van der Waals surface area contributed by atoms with E-state index in [1.54, 1.807) is 6.20 Å². The molecule has 112 valence electrons. The standard InChI is InChI=1S/C15H16F3N3/c1-2-10-5-6-20-14(7-10)21-9-11-3-4-12(19)8-13(11)15(16,17)18/h3-8H,2,9,19H2,1H3,(H,20,21). The van der Waals surface area contributed by atoms with Crippen LogP contribution in [0.2, 0.25) is 0 Å². The highest BCUT2D eigenvalue weighted by atomic mass is 19.4. The zero-order chi connectivity index (χ0) is 15.5. The molecule has 0 aliphatic rings. The van der Waals surface area contributed by atoms with Gasteiger partial charge in [0, 0.05) is 18.4 Å². The predicted molar refractivity (Wildman–Crippen MR) is 76.8 cm³/mol. The number of nitrogen functional groups attached to an aromatic ring is 1. The van der Waals surface area contributed by atoms with E-state index in [-0.39, 0.29) is 17.8 Å². The average Bonchev–Trinajstić information content (AvgIpc) is 2.45. The van der Waals surface area contributed by atoms with E-state index >= 15 is 0 Å². The topological polar surface area (TPSA) is 50.9 Å². The first-order valence-corrected chi connectivity index (χ1v) is 6.54. The SMILES string of the molecule is CCc1ccnc(NCc2ccc(N)cc2C(F)(F)F)c1. The van der Waals surface area contributed by atoms with E-state index in [4.69, 9.17) is 5.73 Å². The van der Waals surface area contributed by atoms with Crippen LogP contribution in [-0.2, 0) is 19.1 Å². The van der Waals surface area contributed by atoms with Crippen molar-refractivity contribution in [1.29, 1.82) is 0 Å². The number of benzene rings is 1. The van der Waals surface area contributed by atoms with Gasteiger partial charge >= 0.3 is 6.18 Å². The molecule has 1 aromatic heterocycles. The molecule has 3 nitrogen and oxygen atoms in total. The lowest BCUT2D eigenvalue weighted by Crippen LogP contribution is -2.13. The number of hydrogen-bond acceptors (Lipinski definition) is 3. The van der Waals surface area contributed by atoms with E-state index in [0.29, 0.717) is 5.82 Å². The van der Waals surface area contributed by atoms with Crippen LogP contribution in [0.15, 0.2) is 36.5 Å². The highest BCUT2D eigenvalue weighted by Crippen LogP contribution is 2.33. The van der Waals surface area contributed by atoms with Gasteiger partial charge in [0.2, 0.25) is 0 Å². The van der Waals surface area contributed by atoms with Crippen LogP contribution in [-0.4, -0.2) is 4.98 Å². The third-order valence-electron chi connectivity index (χ3n) is 3.13. The molecule has 0 spiro atoms. The molecule has 0 aliphatic heterocycles. The molecule has 0 atom stereocenters. The summed E-state index contributed by atoms with van der Waals surface area (Å²) in [5.74, 6) is 0.555. The molecule has 1 heterocycles. The van der Waals surface area contributed by atoms with Gasteiger partial charge in [-0.3, -0.25) is 0 Å². The largest absolute Gasteiger partial charge is 0.416 e. The third-order valence-corrected chi connectivity index (χ3v) is 3.13. The van der Waals surface area contributed by atoms with E-state index in [1.807, 2.05) is 19.1 Å². The number of aryl methyl sites for hydroxylation is 1. The number of halogens is 3. The second-order valence-electron chi connectivity index (χ2n) is 4.67. The summed E-state index contributed by atoms with van der Waals surface area (Å²) in [6.07, 6.45) is -1.95. The van der Waals surface area contributed by atoms with E-state index in [9.17, 15) is 13.2 Å². The Morgan fingerprint density at radius 1 is 1.19 bits per heavy atom. The summed E-state index contributed by atoms with van der Waals surface area (Å²) >= 11 is 0. The normalized spacial score (nSPS) is 11.4. The molecule has 0 saturated carbocycles. The molecule has 2 aromatic rings. The Bertz CT molecular complexity index is 624. The Kier molecular flexibility index (Phi) is 4.35. The summed E-state index contributed by atoms with van der Waals surface area (Å²) in [5.41, 5.74) is 6.02. The molecule has 0 unspecified atom stereocenters. The van der Waals surface area contributed by atoms with Crippen molar-refractivity contribution >= 4 is 11.5 Å². The van der Waals surface area contributed by atoms with Crippen molar-refractivity contribution in [3.63, 3.8) is 0 Å². The summed E-state index contributed by atoms with van der Waals surface area (Å²) < 4.78 is 38.9.